The summed E-state index contributed by atoms with van der Waals surface area (Å²) in [6.07, 6.45) is 0.781. The van der Waals surface area contributed by atoms with Gasteiger partial charge in [-0.1, -0.05) is 26.8 Å². The largest absolute Gasteiger partial charge is 0.496 e. The molecule has 2 rings (SSSR count). The third-order valence-electron chi connectivity index (χ3n) is 4.33. The molecule has 0 saturated heterocycles. The molecule has 0 N–H and O–H groups in total. The highest BCUT2D eigenvalue weighted by atomic mass is 19.4. The van der Waals surface area contributed by atoms with Crippen LogP contribution in [0.2, 0.25) is 0 Å². The smallest absolute Gasteiger partial charge is 0.386 e. The van der Waals surface area contributed by atoms with Crippen molar-refractivity contribution in [2.45, 2.75) is 60.1 Å². The minimum atomic E-state index is -4.00. The van der Waals surface area contributed by atoms with Gasteiger partial charge in [0.15, 0.2) is 0 Å². The molecule has 0 radical (unpaired) electrons. The first-order valence-corrected chi connectivity index (χ1v) is 9.69. The molecule has 1 aromatic rings. The van der Waals surface area contributed by atoms with Gasteiger partial charge in [0.2, 0.25) is 0 Å². The average Bonchev–Trinajstić information content (AvgIpc) is 3.06. The van der Waals surface area contributed by atoms with E-state index < -0.39 is 18.0 Å². The lowest BCUT2D eigenvalue weighted by molar-refractivity contribution is -0.116. The summed E-state index contributed by atoms with van der Waals surface area (Å²) in [7, 11) is 2.74. The number of Topliss-reactive ketones (excluding diaryl/α,β-unsaturated/α-hetero) is 1. The summed E-state index contributed by atoms with van der Waals surface area (Å²) < 4.78 is 54.9. The van der Waals surface area contributed by atoms with Crippen molar-refractivity contribution in [3.8, 4) is 5.75 Å². The number of hydrogen-bond donors (Lipinski definition) is 0. The Hall–Kier alpha value is -2.71. The SMILES string of the molecule is C=O.CC(F)(F)F.CCC(C)=O.COC(=O)c1cc(C2=CCCC2(C)C)c(OC)cc1F. The van der Waals surface area contributed by atoms with Gasteiger partial charge in [0, 0.05) is 25.0 Å². The van der Waals surface area contributed by atoms with Gasteiger partial charge in [-0.05, 0) is 36.8 Å². The minimum Gasteiger partial charge on any atom is -0.496 e. The second-order valence-electron chi connectivity index (χ2n) is 7.40. The van der Waals surface area contributed by atoms with E-state index in [-0.39, 0.29) is 23.7 Å². The number of carbonyl (C=O) groups excluding carboxylic acids is 3. The van der Waals surface area contributed by atoms with Crippen LogP contribution in [0.1, 0.15) is 69.8 Å². The van der Waals surface area contributed by atoms with Crippen LogP contribution in [0.3, 0.4) is 0 Å². The lowest BCUT2D eigenvalue weighted by Crippen LogP contribution is -2.12. The standard InChI is InChI=1S/C16H19FO3.C4H8O.C2H3F3.CH2O/c1-16(2)7-5-6-12(16)10-8-11(15(18)20-4)13(17)9-14(10)19-3;1-3-4(2)5;1-2(3,4)5;1-2/h6,8-9H,5,7H2,1-4H3;3H2,1-2H3;1H3;1H2. The molecule has 0 heterocycles. The van der Waals surface area contributed by atoms with E-state index in [0.717, 1.165) is 24.0 Å². The van der Waals surface area contributed by atoms with Gasteiger partial charge in [-0.25, -0.2) is 9.18 Å². The molecular weight excluding hydrogens is 432 g/mol. The molecule has 0 unspecified atom stereocenters. The van der Waals surface area contributed by atoms with E-state index in [9.17, 15) is 27.2 Å². The fourth-order valence-electron chi connectivity index (χ4n) is 2.66. The Morgan fingerprint density at radius 2 is 1.62 bits per heavy atom. The van der Waals surface area contributed by atoms with Crippen LogP contribution in [0, 0.1) is 11.2 Å². The van der Waals surface area contributed by atoms with Crippen molar-refractivity contribution in [2.75, 3.05) is 14.2 Å². The Morgan fingerprint density at radius 1 is 1.16 bits per heavy atom. The Morgan fingerprint density at radius 3 is 1.94 bits per heavy atom. The average molecular weight is 464 g/mol. The molecule has 1 aromatic carbocycles. The maximum absolute atomic E-state index is 13.9. The molecule has 0 spiro atoms. The number of halogens is 4. The van der Waals surface area contributed by atoms with E-state index in [1.165, 1.54) is 26.4 Å². The maximum Gasteiger partial charge on any atom is 0.386 e. The molecule has 5 nitrogen and oxygen atoms in total. The lowest BCUT2D eigenvalue weighted by atomic mass is 9.81. The zero-order valence-corrected chi connectivity index (χ0v) is 19.6. The van der Waals surface area contributed by atoms with Gasteiger partial charge in [0.25, 0.3) is 0 Å². The highest BCUT2D eigenvalue weighted by molar-refractivity contribution is 5.92. The summed E-state index contributed by atoms with van der Waals surface area (Å²) in [6, 6.07) is 2.77. The third-order valence-corrected chi connectivity index (χ3v) is 4.33. The topological polar surface area (TPSA) is 69.7 Å². The van der Waals surface area contributed by atoms with E-state index in [4.69, 9.17) is 9.53 Å². The van der Waals surface area contributed by atoms with Crippen LogP contribution in [-0.2, 0) is 14.3 Å². The molecule has 1 aliphatic carbocycles. The van der Waals surface area contributed by atoms with Crippen molar-refractivity contribution < 1.29 is 41.4 Å². The van der Waals surface area contributed by atoms with Crippen LogP contribution in [0.25, 0.3) is 5.57 Å². The number of ketones is 1. The summed E-state index contributed by atoms with van der Waals surface area (Å²) >= 11 is 0. The fraction of sp³-hybridized carbons (Fsp3) is 0.522. The van der Waals surface area contributed by atoms with Gasteiger partial charge < -0.3 is 19.1 Å². The molecule has 182 valence electrons. The van der Waals surface area contributed by atoms with Gasteiger partial charge in [0.05, 0.1) is 19.8 Å². The van der Waals surface area contributed by atoms with E-state index in [1.54, 1.807) is 6.92 Å². The van der Waals surface area contributed by atoms with Crippen molar-refractivity contribution in [3.63, 3.8) is 0 Å². The second-order valence-corrected chi connectivity index (χ2v) is 7.40. The summed E-state index contributed by atoms with van der Waals surface area (Å²) in [5.74, 6) is -0.613. The first-order chi connectivity index (χ1) is 14.7. The predicted molar refractivity (Wildman–Crippen MR) is 115 cm³/mol. The summed E-state index contributed by atoms with van der Waals surface area (Å²) in [5.41, 5.74) is 1.77. The number of allylic oxidation sites excluding steroid dienone is 2. The first kappa shape index (κ1) is 31.5. The van der Waals surface area contributed by atoms with Crippen molar-refractivity contribution >= 4 is 24.1 Å². The number of rotatable bonds is 4. The van der Waals surface area contributed by atoms with E-state index >= 15 is 0 Å². The van der Waals surface area contributed by atoms with Crippen LogP contribution in [0.15, 0.2) is 18.2 Å². The van der Waals surface area contributed by atoms with E-state index in [2.05, 4.69) is 24.7 Å². The molecule has 0 atom stereocenters. The van der Waals surface area contributed by atoms with E-state index in [1.807, 2.05) is 13.7 Å². The second kappa shape index (κ2) is 14.4. The number of esters is 1. The van der Waals surface area contributed by atoms with Crippen molar-refractivity contribution in [3.05, 3.63) is 35.2 Å². The molecule has 1 aliphatic rings. The number of alkyl halides is 3. The minimum absolute atomic E-state index is 0.0154. The van der Waals surface area contributed by atoms with Crippen LogP contribution < -0.4 is 4.74 Å². The zero-order valence-electron chi connectivity index (χ0n) is 19.6. The Kier molecular flexibility index (Phi) is 14.1. The molecule has 0 fully saturated rings. The van der Waals surface area contributed by atoms with Gasteiger partial charge in [0.1, 0.15) is 24.1 Å². The first-order valence-electron chi connectivity index (χ1n) is 9.69. The van der Waals surface area contributed by atoms with Crippen molar-refractivity contribution in [1.29, 1.82) is 0 Å². The normalized spacial score (nSPS) is 13.7. The summed E-state index contributed by atoms with van der Waals surface area (Å²) in [5, 5.41) is 0. The molecule has 32 heavy (non-hydrogen) atoms. The number of carbonyl (C=O) groups is 3. The molecule has 0 aromatic heterocycles. The molecule has 9 heteroatoms. The summed E-state index contributed by atoms with van der Waals surface area (Å²) in [6.45, 7) is 9.88. The van der Waals surface area contributed by atoms with Crippen LogP contribution in [0.5, 0.6) is 5.75 Å². The molecule has 0 amide bonds. The molecular formula is C23H32F4O5. The van der Waals surface area contributed by atoms with Gasteiger partial charge in [-0.15, -0.1) is 0 Å². The molecule has 0 bridgehead atoms. The molecule has 0 aliphatic heterocycles. The van der Waals surface area contributed by atoms with E-state index in [0.29, 0.717) is 12.2 Å². The quantitative estimate of drug-likeness (QED) is 0.392. The fourth-order valence-corrected chi connectivity index (χ4v) is 2.66. The third kappa shape index (κ3) is 11.6. The zero-order chi connectivity index (χ0) is 25.7. The van der Waals surface area contributed by atoms with Crippen molar-refractivity contribution in [2.24, 2.45) is 5.41 Å². The van der Waals surface area contributed by atoms with Gasteiger partial charge in [-0.2, -0.15) is 13.2 Å². The monoisotopic (exact) mass is 464 g/mol. The van der Waals surface area contributed by atoms with Gasteiger partial charge in [-0.3, -0.25) is 0 Å². The van der Waals surface area contributed by atoms with Crippen LogP contribution in [0.4, 0.5) is 17.6 Å². The molecule has 0 saturated carbocycles. The van der Waals surface area contributed by atoms with Crippen LogP contribution in [-0.4, -0.2) is 38.9 Å². The number of methoxy groups -OCH3 is 2. The lowest BCUT2D eigenvalue weighted by Gasteiger charge is -2.24. The number of benzene rings is 1. The van der Waals surface area contributed by atoms with Gasteiger partial charge >= 0.3 is 12.1 Å². The number of hydrogen-bond acceptors (Lipinski definition) is 5. The highest BCUT2D eigenvalue weighted by Gasteiger charge is 2.31. The summed E-state index contributed by atoms with van der Waals surface area (Å²) in [4.78, 5) is 29.5. The predicted octanol–water partition coefficient (Wildman–Crippen LogP) is 6.19. The number of ether oxygens (including phenoxy) is 2. The highest BCUT2D eigenvalue weighted by Crippen LogP contribution is 2.47. The van der Waals surface area contributed by atoms with Crippen LogP contribution >= 0.6 is 0 Å². The van der Waals surface area contributed by atoms with Crippen molar-refractivity contribution in [1.82, 2.24) is 0 Å². The Balaban J connectivity index is 0. The Bertz CT molecular complexity index is 777. The maximum atomic E-state index is 13.9. The Labute approximate surface area is 186 Å².